The van der Waals surface area contributed by atoms with Crippen LogP contribution in [-0.2, 0) is 30.3 Å². The second-order valence-electron chi connectivity index (χ2n) is 10.0. The third-order valence-electron chi connectivity index (χ3n) is 7.27. The lowest BCUT2D eigenvalue weighted by molar-refractivity contribution is -0.252. The van der Waals surface area contributed by atoms with Crippen molar-refractivity contribution in [2.75, 3.05) is 13.2 Å². The number of fused-ring (bicyclic) bond motifs is 1. The SMILES string of the molecule is CCCCCCCCCCOC[C@H]1O[C@@H]2OC3(CCCCC3)O[C@@H]2[C@H]1OCc1ccccc1. The van der Waals surface area contributed by atoms with Gasteiger partial charge in [-0.25, -0.2) is 0 Å². The highest BCUT2D eigenvalue weighted by atomic mass is 16.8. The predicted octanol–water partition coefficient (Wildman–Crippen LogP) is 6.53. The molecule has 1 aliphatic carbocycles. The van der Waals surface area contributed by atoms with Gasteiger partial charge in [-0.1, -0.05) is 88.6 Å². The summed E-state index contributed by atoms with van der Waals surface area (Å²) < 4.78 is 31.6. The van der Waals surface area contributed by atoms with Crippen molar-refractivity contribution >= 4 is 0 Å². The van der Waals surface area contributed by atoms with Crippen molar-refractivity contribution in [1.29, 1.82) is 0 Å². The minimum atomic E-state index is -0.467. The Kier molecular flexibility index (Phi) is 10.0. The van der Waals surface area contributed by atoms with Crippen LogP contribution < -0.4 is 0 Å². The smallest absolute Gasteiger partial charge is 0.190 e. The molecule has 4 atom stereocenters. The van der Waals surface area contributed by atoms with Gasteiger partial charge in [-0.15, -0.1) is 0 Å². The maximum atomic E-state index is 6.52. The Balaban J connectivity index is 1.22. The first-order valence-electron chi connectivity index (χ1n) is 13.5. The zero-order valence-electron chi connectivity index (χ0n) is 20.6. The van der Waals surface area contributed by atoms with Crippen molar-refractivity contribution in [3.63, 3.8) is 0 Å². The van der Waals surface area contributed by atoms with E-state index in [1.54, 1.807) is 0 Å². The molecular weight excluding hydrogens is 416 g/mol. The Hall–Kier alpha value is -0.980. The van der Waals surface area contributed by atoms with E-state index in [1.165, 1.54) is 51.4 Å². The van der Waals surface area contributed by atoms with Crippen LogP contribution in [0.1, 0.15) is 96.0 Å². The zero-order chi connectivity index (χ0) is 22.8. The summed E-state index contributed by atoms with van der Waals surface area (Å²) >= 11 is 0. The van der Waals surface area contributed by atoms with Gasteiger partial charge in [0, 0.05) is 19.4 Å². The van der Waals surface area contributed by atoms with Gasteiger partial charge in [0.15, 0.2) is 12.1 Å². The van der Waals surface area contributed by atoms with Crippen LogP contribution >= 0.6 is 0 Å². The molecule has 0 bridgehead atoms. The molecular formula is C28H44O5. The molecule has 1 spiro atoms. The topological polar surface area (TPSA) is 46.2 Å². The van der Waals surface area contributed by atoms with Gasteiger partial charge < -0.3 is 23.7 Å². The molecule has 33 heavy (non-hydrogen) atoms. The summed E-state index contributed by atoms with van der Waals surface area (Å²) in [5.41, 5.74) is 1.16. The highest BCUT2D eigenvalue weighted by Gasteiger charge is 2.58. The first-order valence-corrected chi connectivity index (χ1v) is 13.5. The Morgan fingerprint density at radius 2 is 1.61 bits per heavy atom. The Morgan fingerprint density at radius 1 is 0.879 bits per heavy atom. The molecule has 186 valence electrons. The van der Waals surface area contributed by atoms with Crippen molar-refractivity contribution in [2.24, 2.45) is 0 Å². The van der Waals surface area contributed by atoms with Gasteiger partial charge in [-0.2, -0.15) is 0 Å². The molecule has 2 aliphatic heterocycles. The van der Waals surface area contributed by atoms with E-state index in [1.807, 2.05) is 18.2 Å². The van der Waals surface area contributed by atoms with E-state index in [-0.39, 0.29) is 24.6 Å². The average molecular weight is 461 g/mol. The van der Waals surface area contributed by atoms with Gasteiger partial charge in [-0.3, -0.25) is 0 Å². The fraction of sp³-hybridized carbons (Fsp3) is 0.786. The number of benzene rings is 1. The summed E-state index contributed by atoms with van der Waals surface area (Å²) in [4.78, 5) is 0. The highest BCUT2D eigenvalue weighted by molar-refractivity contribution is 5.13. The Bertz CT molecular complexity index is 660. The largest absolute Gasteiger partial charge is 0.379 e. The molecule has 5 nitrogen and oxygen atoms in total. The van der Waals surface area contributed by atoms with Crippen molar-refractivity contribution in [1.82, 2.24) is 0 Å². The molecule has 3 aliphatic rings. The molecule has 1 aromatic carbocycles. The van der Waals surface area contributed by atoms with Crippen molar-refractivity contribution in [3.8, 4) is 0 Å². The lowest BCUT2D eigenvalue weighted by Gasteiger charge is -2.34. The predicted molar refractivity (Wildman–Crippen MR) is 129 cm³/mol. The standard InChI is InChI=1S/C28H44O5/c1-2-3-4-5-6-7-8-15-20-29-22-24-25(30-21-23-16-11-9-12-17-23)26-27(31-24)33-28(32-26)18-13-10-14-19-28/h9,11-12,16-17,24-27H,2-8,10,13-15,18-22H2,1H3/t24-,25+,26-,27-/m1/s1. The molecule has 0 aromatic heterocycles. The van der Waals surface area contributed by atoms with Gasteiger partial charge in [-0.05, 0) is 24.8 Å². The summed E-state index contributed by atoms with van der Waals surface area (Å²) in [6.07, 6.45) is 15.1. The number of rotatable bonds is 14. The van der Waals surface area contributed by atoms with E-state index in [2.05, 4.69) is 19.1 Å². The van der Waals surface area contributed by atoms with Gasteiger partial charge in [0.2, 0.25) is 0 Å². The second kappa shape index (κ2) is 13.2. The molecule has 0 N–H and O–H groups in total. The van der Waals surface area contributed by atoms with E-state index in [4.69, 9.17) is 23.7 Å². The number of ether oxygens (including phenoxy) is 5. The molecule has 2 saturated heterocycles. The van der Waals surface area contributed by atoms with Gasteiger partial charge >= 0.3 is 0 Å². The van der Waals surface area contributed by atoms with E-state index in [0.717, 1.165) is 44.3 Å². The van der Waals surface area contributed by atoms with Crippen LogP contribution in [0.25, 0.3) is 0 Å². The van der Waals surface area contributed by atoms with Crippen LogP contribution in [-0.4, -0.2) is 43.6 Å². The maximum Gasteiger partial charge on any atom is 0.190 e. The summed E-state index contributed by atoms with van der Waals surface area (Å²) in [5, 5.41) is 0. The molecule has 1 aromatic rings. The highest BCUT2D eigenvalue weighted by Crippen LogP contribution is 2.45. The van der Waals surface area contributed by atoms with Crippen LogP contribution in [0.5, 0.6) is 0 Å². The van der Waals surface area contributed by atoms with Crippen molar-refractivity contribution in [3.05, 3.63) is 35.9 Å². The molecule has 2 heterocycles. The number of hydrogen-bond acceptors (Lipinski definition) is 5. The molecule has 0 amide bonds. The zero-order valence-corrected chi connectivity index (χ0v) is 20.6. The van der Waals surface area contributed by atoms with Crippen molar-refractivity contribution in [2.45, 2.75) is 127 Å². The second-order valence-corrected chi connectivity index (χ2v) is 10.0. The van der Waals surface area contributed by atoms with Gasteiger partial charge in [0.1, 0.15) is 18.3 Å². The normalized spacial score (nSPS) is 28.4. The van der Waals surface area contributed by atoms with Crippen LogP contribution in [0, 0.1) is 0 Å². The fourth-order valence-electron chi connectivity index (χ4n) is 5.37. The summed E-state index contributed by atoms with van der Waals surface area (Å²) in [6.45, 7) is 4.12. The lowest BCUT2D eigenvalue weighted by atomic mass is 9.94. The Morgan fingerprint density at radius 3 is 2.36 bits per heavy atom. The molecule has 1 saturated carbocycles. The van der Waals surface area contributed by atoms with E-state index >= 15 is 0 Å². The average Bonchev–Trinajstić information content (AvgIpc) is 3.33. The van der Waals surface area contributed by atoms with Crippen molar-refractivity contribution < 1.29 is 23.7 Å². The Labute approximate surface area is 200 Å². The quantitative estimate of drug-likeness (QED) is 0.295. The summed E-state index contributed by atoms with van der Waals surface area (Å²) in [6, 6.07) is 10.3. The van der Waals surface area contributed by atoms with Crippen LogP contribution in [0.3, 0.4) is 0 Å². The van der Waals surface area contributed by atoms with Gasteiger partial charge in [0.05, 0.1) is 13.2 Å². The summed E-state index contributed by atoms with van der Waals surface area (Å²) in [7, 11) is 0. The van der Waals surface area contributed by atoms with Crippen LogP contribution in [0.2, 0.25) is 0 Å². The monoisotopic (exact) mass is 460 g/mol. The molecule has 5 heteroatoms. The first-order chi connectivity index (χ1) is 16.3. The molecule has 4 rings (SSSR count). The third-order valence-corrected chi connectivity index (χ3v) is 7.27. The van der Waals surface area contributed by atoms with Crippen LogP contribution in [0.15, 0.2) is 30.3 Å². The lowest BCUT2D eigenvalue weighted by Crippen LogP contribution is -2.41. The first kappa shape index (κ1) is 25.1. The summed E-state index contributed by atoms with van der Waals surface area (Å²) in [5.74, 6) is -0.467. The minimum Gasteiger partial charge on any atom is -0.379 e. The van der Waals surface area contributed by atoms with Crippen LogP contribution in [0.4, 0.5) is 0 Å². The fourth-order valence-corrected chi connectivity index (χ4v) is 5.37. The number of unbranched alkanes of at least 4 members (excludes halogenated alkanes) is 7. The van der Waals surface area contributed by atoms with E-state index < -0.39 is 5.79 Å². The van der Waals surface area contributed by atoms with E-state index in [0.29, 0.717) is 13.2 Å². The van der Waals surface area contributed by atoms with E-state index in [9.17, 15) is 0 Å². The number of hydrogen-bond donors (Lipinski definition) is 0. The maximum absolute atomic E-state index is 6.52. The molecule has 0 radical (unpaired) electrons. The minimum absolute atomic E-state index is 0.154. The van der Waals surface area contributed by atoms with Gasteiger partial charge in [0.25, 0.3) is 0 Å². The third kappa shape index (κ3) is 7.25. The molecule has 3 fully saturated rings. The molecule has 0 unspecified atom stereocenters.